The van der Waals surface area contributed by atoms with Crippen molar-refractivity contribution in [3.8, 4) is 5.88 Å². The van der Waals surface area contributed by atoms with Crippen LogP contribution in [-0.4, -0.2) is 44.4 Å². The molecule has 23 heavy (non-hydrogen) atoms. The third-order valence-corrected chi connectivity index (χ3v) is 2.63. The molecule has 11 heteroatoms. The first-order chi connectivity index (χ1) is 10.3. The molecule has 0 aromatic carbocycles. The first kappa shape index (κ1) is 22.0. The Hall–Kier alpha value is -1.01. The zero-order chi connectivity index (χ0) is 16.6. The zero-order valence-corrected chi connectivity index (χ0v) is 15.3. The van der Waals surface area contributed by atoms with E-state index in [1.165, 1.54) is 0 Å². The molecule has 0 spiro atoms. The first-order valence-electron chi connectivity index (χ1n) is 6.23. The first-order valence-corrected chi connectivity index (χ1v) is 6.60. The summed E-state index contributed by atoms with van der Waals surface area (Å²) in [5.41, 5.74) is 4.62. The van der Waals surface area contributed by atoms with Gasteiger partial charge in [-0.1, -0.05) is 11.6 Å². The van der Waals surface area contributed by atoms with Gasteiger partial charge in [-0.2, -0.15) is 13.2 Å². The summed E-state index contributed by atoms with van der Waals surface area (Å²) in [4.78, 5) is 7.49. The molecule has 0 fully saturated rings. The minimum absolute atomic E-state index is 0. The number of alkyl halides is 3. The van der Waals surface area contributed by atoms with Gasteiger partial charge in [-0.25, -0.2) is 4.98 Å². The summed E-state index contributed by atoms with van der Waals surface area (Å²) < 4.78 is 47.3. The van der Waals surface area contributed by atoms with E-state index in [9.17, 15) is 13.2 Å². The van der Waals surface area contributed by atoms with Crippen molar-refractivity contribution >= 4 is 41.5 Å². The van der Waals surface area contributed by atoms with Gasteiger partial charge in [0.25, 0.3) is 0 Å². The van der Waals surface area contributed by atoms with Crippen LogP contribution in [0.5, 0.6) is 5.88 Å². The molecule has 1 aromatic rings. The van der Waals surface area contributed by atoms with Crippen LogP contribution in [0.15, 0.2) is 17.3 Å². The molecule has 0 atom stereocenters. The highest BCUT2D eigenvalue weighted by Crippen LogP contribution is 2.32. The second-order valence-corrected chi connectivity index (χ2v) is 4.45. The lowest BCUT2D eigenvalue weighted by atomic mass is 10.3. The summed E-state index contributed by atoms with van der Waals surface area (Å²) in [6.45, 7) is 1.27. The normalized spacial score (nSPS) is 11.8. The molecule has 0 saturated heterocycles. The lowest BCUT2D eigenvalue weighted by molar-refractivity contribution is -0.137. The maximum atomic E-state index is 12.4. The predicted octanol–water partition coefficient (Wildman–Crippen LogP) is 2.30. The van der Waals surface area contributed by atoms with Gasteiger partial charge in [-0.3, -0.25) is 4.99 Å². The van der Waals surface area contributed by atoms with Crippen molar-refractivity contribution in [3.05, 3.63) is 22.8 Å². The van der Waals surface area contributed by atoms with Crippen LogP contribution < -0.4 is 15.8 Å². The summed E-state index contributed by atoms with van der Waals surface area (Å²) in [7, 11) is 1.55. The van der Waals surface area contributed by atoms with E-state index in [1.54, 1.807) is 7.11 Å². The SMILES string of the molecule is COCCN=C(N)NCCOc1ncc(C(F)(F)F)cc1Cl.I. The molecule has 0 radical (unpaired) electrons. The Morgan fingerprint density at radius 3 is 2.70 bits per heavy atom. The molecule has 3 N–H and O–H groups in total. The number of nitrogens with one attached hydrogen (secondary N) is 1. The van der Waals surface area contributed by atoms with Crippen LogP contribution in [0.1, 0.15) is 5.56 Å². The number of halogens is 5. The molecule has 0 aliphatic rings. The quantitative estimate of drug-likeness (QED) is 0.278. The number of pyridine rings is 1. The minimum atomic E-state index is -4.50. The van der Waals surface area contributed by atoms with Crippen LogP contribution in [-0.2, 0) is 10.9 Å². The van der Waals surface area contributed by atoms with Crippen LogP contribution in [0.25, 0.3) is 0 Å². The number of ether oxygens (including phenoxy) is 2. The standard InChI is InChI=1S/C12H16ClF3N4O2.HI/c1-21-4-2-18-11(17)19-3-5-22-10-9(13)6-8(7-20-10)12(14,15)16;/h6-7H,2-5H2,1H3,(H3,17,18,19);1H. The summed E-state index contributed by atoms with van der Waals surface area (Å²) >= 11 is 5.69. The largest absolute Gasteiger partial charge is 0.475 e. The molecule has 1 rings (SSSR count). The Bertz CT molecular complexity index is 518. The van der Waals surface area contributed by atoms with Gasteiger partial charge in [0.1, 0.15) is 11.6 Å². The number of aliphatic imine (C=N–C) groups is 1. The van der Waals surface area contributed by atoms with Gasteiger partial charge in [-0.05, 0) is 6.07 Å². The Kier molecular flexibility index (Phi) is 10.2. The Labute approximate surface area is 153 Å². The Balaban J connectivity index is 0.00000484. The van der Waals surface area contributed by atoms with Crippen molar-refractivity contribution < 1.29 is 22.6 Å². The summed E-state index contributed by atoms with van der Waals surface area (Å²) in [5, 5.41) is 2.55. The fraction of sp³-hybridized carbons (Fsp3) is 0.500. The number of hydrogen-bond donors (Lipinski definition) is 2. The molecule has 132 valence electrons. The van der Waals surface area contributed by atoms with Gasteiger partial charge in [0.05, 0.1) is 25.3 Å². The van der Waals surface area contributed by atoms with Crippen LogP contribution in [0.2, 0.25) is 5.02 Å². The molecule has 0 bridgehead atoms. The van der Waals surface area contributed by atoms with E-state index >= 15 is 0 Å². The number of nitrogens with zero attached hydrogens (tertiary/aromatic N) is 2. The lowest BCUT2D eigenvalue weighted by Gasteiger charge is -2.11. The number of guanidine groups is 1. The predicted molar refractivity (Wildman–Crippen MR) is 91.5 cm³/mol. The maximum Gasteiger partial charge on any atom is 0.417 e. The summed E-state index contributed by atoms with van der Waals surface area (Å²) in [5.74, 6) is 0.137. The molecular formula is C12H17ClF3IN4O2. The van der Waals surface area contributed by atoms with Crippen molar-refractivity contribution in [2.75, 3.05) is 33.4 Å². The van der Waals surface area contributed by atoms with Crippen LogP contribution in [0, 0.1) is 0 Å². The topological polar surface area (TPSA) is 81.8 Å². The summed E-state index contributed by atoms with van der Waals surface area (Å²) in [6.07, 6.45) is -3.83. The fourth-order valence-corrected chi connectivity index (χ4v) is 1.55. The molecule has 1 heterocycles. The van der Waals surface area contributed by atoms with Gasteiger partial charge >= 0.3 is 6.18 Å². The highest BCUT2D eigenvalue weighted by molar-refractivity contribution is 14.0. The Morgan fingerprint density at radius 1 is 1.43 bits per heavy atom. The number of rotatable bonds is 7. The zero-order valence-electron chi connectivity index (χ0n) is 12.2. The van der Waals surface area contributed by atoms with E-state index in [0.29, 0.717) is 25.9 Å². The van der Waals surface area contributed by atoms with Crippen molar-refractivity contribution in [2.45, 2.75) is 6.18 Å². The maximum absolute atomic E-state index is 12.4. The van der Waals surface area contributed by atoms with Crippen molar-refractivity contribution in [3.63, 3.8) is 0 Å². The molecular weight excluding hydrogens is 452 g/mol. The molecule has 0 aliphatic carbocycles. The van der Waals surface area contributed by atoms with Gasteiger partial charge < -0.3 is 20.5 Å². The van der Waals surface area contributed by atoms with Crippen LogP contribution in [0.4, 0.5) is 13.2 Å². The molecule has 0 amide bonds. The van der Waals surface area contributed by atoms with E-state index in [-0.39, 0.29) is 47.4 Å². The molecule has 1 aromatic heterocycles. The van der Waals surface area contributed by atoms with E-state index in [0.717, 1.165) is 6.07 Å². The number of hydrogen-bond acceptors (Lipinski definition) is 4. The molecule has 0 unspecified atom stereocenters. The second kappa shape index (κ2) is 10.7. The van der Waals surface area contributed by atoms with Crippen molar-refractivity contribution in [2.24, 2.45) is 10.7 Å². The fourth-order valence-electron chi connectivity index (χ4n) is 1.33. The minimum Gasteiger partial charge on any atom is -0.475 e. The highest BCUT2D eigenvalue weighted by atomic mass is 127. The number of methoxy groups -OCH3 is 1. The van der Waals surface area contributed by atoms with Gasteiger partial charge in [-0.15, -0.1) is 24.0 Å². The third kappa shape index (κ3) is 8.42. The highest BCUT2D eigenvalue weighted by Gasteiger charge is 2.31. The lowest BCUT2D eigenvalue weighted by Crippen LogP contribution is -2.35. The molecule has 6 nitrogen and oxygen atoms in total. The van der Waals surface area contributed by atoms with Gasteiger partial charge in [0, 0.05) is 13.3 Å². The smallest absolute Gasteiger partial charge is 0.417 e. The summed E-state index contributed by atoms with van der Waals surface area (Å²) in [6, 6.07) is 0.762. The number of aromatic nitrogens is 1. The van der Waals surface area contributed by atoms with Crippen LogP contribution >= 0.6 is 35.6 Å². The molecule has 0 saturated carbocycles. The van der Waals surface area contributed by atoms with Crippen molar-refractivity contribution in [1.82, 2.24) is 10.3 Å². The molecule has 0 aliphatic heterocycles. The van der Waals surface area contributed by atoms with E-state index < -0.39 is 11.7 Å². The third-order valence-electron chi connectivity index (χ3n) is 2.36. The monoisotopic (exact) mass is 468 g/mol. The second-order valence-electron chi connectivity index (χ2n) is 4.04. The van der Waals surface area contributed by atoms with E-state index in [4.69, 9.17) is 26.8 Å². The van der Waals surface area contributed by atoms with E-state index in [1.807, 2.05) is 0 Å². The van der Waals surface area contributed by atoms with Gasteiger partial charge in [0.2, 0.25) is 5.88 Å². The van der Waals surface area contributed by atoms with Crippen LogP contribution in [0.3, 0.4) is 0 Å². The number of nitrogens with two attached hydrogens (primary N) is 1. The Morgan fingerprint density at radius 2 is 2.13 bits per heavy atom. The van der Waals surface area contributed by atoms with Gasteiger partial charge in [0.15, 0.2) is 5.96 Å². The van der Waals surface area contributed by atoms with Crippen molar-refractivity contribution in [1.29, 1.82) is 0 Å². The van der Waals surface area contributed by atoms with E-state index in [2.05, 4.69) is 15.3 Å². The average Bonchev–Trinajstić information content (AvgIpc) is 2.44. The average molecular weight is 469 g/mol.